The zero-order valence-electron chi connectivity index (χ0n) is 11.3. The van der Waals surface area contributed by atoms with Gasteiger partial charge in [0, 0.05) is 11.4 Å². The van der Waals surface area contributed by atoms with Gasteiger partial charge in [0.05, 0.1) is 13.0 Å². The first-order valence-corrected chi connectivity index (χ1v) is 7.61. The molecule has 0 bridgehead atoms. The molecule has 0 aliphatic carbocycles. The number of nitrogens with one attached hydrogen (secondary N) is 1. The van der Waals surface area contributed by atoms with Crippen LogP contribution < -0.4 is 5.32 Å². The van der Waals surface area contributed by atoms with Gasteiger partial charge in [-0.2, -0.15) is 11.3 Å². The second-order valence-corrected chi connectivity index (χ2v) is 5.62. The summed E-state index contributed by atoms with van der Waals surface area (Å²) in [4.78, 5) is 11.0. The molecule has 2 aromatic heterocycles. The van der Waals surface area contributed by atoms with Crippen LogP contribution in [0.2, 0.25) is 0 Å². The number of hydrogen-bond acceptors (Lipinski definition) is 4. The molecule has 0 fully saturated rings. The van der Waals surface area contributed by atoms with Gasteiger partial charge in [-0.05, 0) is 34.5 Å². The molecule has 1 unspecified atom stereocenters. The third kappa shape index (κ3) is 3.32. The van der Waals surface area contributed by atoms with Crippen molar-refractivity contribution < 1.29 is 14.3 Å². The van der Waals surface area contributed by atoms with Crippen molar-refractivity contribution in [1.29, 1.82) is 0 Å². The number of fused-ring (bicyclic) bond motifs is 1. The second kappa shape index (κ2) is 6.11. The topological polar surface area (TPSA) is 62.5 Å². The average Bonchev–Trinajstić information content (AvgIpc) is 3.11. The smallest absolute Gasteiger partial charge is 0.305 e. The Balaban J connectivity index is 1.72. The van der Waals surface area contributed by atoms with Crippen LogP contribution in [0.15, 0.2) is 51.6 Å². The van der Waals surface area contributed by atoms with E-state index in [2.05, 4.69) is 5.32 Å². The van der Waals surface area contributed by atoms with Crippen molar-refractivity contribution in [2.75, 3.05) is 0 Å². The lowest BCUT2D eigenvalue weighted by Gasteiger charge is -2.14. The molecule has 4 nitrogen and oxygen atoms in total. The molecule has 2 N–H and O–H groups in total. The van der Waals surface area contributed by atoms with E-state index in [1.54, 1.807) is 11.3 Å². The minimum Gasteiger partial charge on any atom is -0.481 e. The van der Waals surface area contributed by atoms with Crippen LogP contribution in [0.5, 0.6) is 0 Å². The minimum absolute atomic E-state index is 0.0525. The molecule has 2 heterocycles. The molecule has 0 saturated heterocycles. The Bertz CT molecular complexity index is 700. The van der Waals surface area contributed by atoms with Gasteiger partial charge in [0.1, 0.15) is 11.3 Å². The van der Waals surface area contributed by atoms with Gasteiger partial charge in [0.15, 0.2) is 0 Å². The Kier molecular flexibility index (Phi) is 4.03. The second-order valence-electron chi connectivity index (χ2n) is 4.84. The number of carboxylic acids is 1. The van der Waals surface area contributed by atoms with E-state index in [1.165, 1.54) is 0 Å². The van der Waals surface area contributed by atoms with E-state index in [-0.39, 0.29) is 12.5 Å². The molecule has 1 atom stereocenters. The quantitative estimate of drug-likeness (QED) is 0.727. The van der Waals surface area contributed by atoms with Crippen LogP contribution in [0.1, 0.15) is 23.8 Å². The van der Waals surface area contributed by atoms with Gasteiger partial charge in [-0.1, -0.05) is 18.2 Å². The monoisotopic (exact) mass is 301 g/mol. The Morgan fingerprint density at radius 2 is 2.19 bits per heavy atom. The van der Waals surface area contributed by atoms with Crippen molar-refractivity contribution in [3.63, 3.8) is 0 Å². The third-order valence-electron chi connectivity index (χ3n) is 3.32. The van der Waals surface area contributed by atoms with Gasteiger partial charge in [-0.15, -0.1) is 0 Å². The molecule has 108 valence electrons. The molecular weight excluding hydrogens is 286 g/mol. The fraction of sp³-hybridized carbons (Fsp3) is 0.188. The Morgan fingerprint density at radius 1 is 1.33 bits per heavy atom. The predicted octanol–water partition coefficient (Wildman–Crippen LogP) is 3.80. The van der Waals surface area contributed by atoms with Crippen molar-refractivity contribution >= 4 is 28.3 Å². The largest absolute Gasteiger partial charge is 0.481 e. The molecule has 0 amide bonds. The molecule has 3 rings (SSSR count). The number of carbonyl (C=O) groups is 1. The normalized spacial score (nSPS) is 12.6. The minimum atomic E-state index is -0.816. The number of benzene rings is 1. The van der Waals surface area contributed by atoms with Crippen LogP contribution in [0.3, 0.4) is 0 Å². The van der Waals surface area contributed by atoms with E-state index in [1.807, 2.05) is 47.2 Å². The van der Waals surface area contributed by atoms with E-state index < -0.39 is 5.97 Å². The molecule has 0 radical (unpaired) electrons. The predicted molar refractivity (Wildman–Crippen MR) is 82.4 cm³/mol. The van der Waals surface area contributed by atoms with E-state index in [0.29, 0.717) is 6.54 Å². The maximum absolute atomic E-state index is 11.0. The van der Waals surface area contributed by atoms with Gasteiger partial charge in [0.2, 0.25) is 0 Å². The molecular formula is C16H15NO3S. The first-order chi connectivity index (χ1) is 10.2. The maximum atomic E-state index is 11.0. The molecule has 0 aliphatic heterocycles. The fourth-order valence-electron chi connectivity index (χ4n) is 2.30. The summed E-state index contributed by atoms with van der Waals surface area (Å²) in [5, 5.41) is 17.3. The molecule has 0 aliphatic rings. The average molecular weight is 301 g/mol. The zero-order valence-corrected chi connectivity index (χ0v) is 12.1. The highest BCUT2D eigenvalue weighted by Crippen LogP contribution is 2.22. The van der Waals surface area contributed by atoms with Gasteiger partial charge in [-0.25, -0.2) is 0 Å². The summed E-state index contributed by atoms with van der Waals surface area (Å²) < 4.78 is 5.73. The van der Waals surface area contributed by atoms with Crippen LogP contribution in [0.25, 0.3) is 11.0 Å². The molecule has 3 aromatic rings. The summed E-state index contributed by atoms with van der Waals surface area (Å²) in [7, 11) is 0. The lowest BCUT2D eigenvalue weighted by atomic mass is 10.1. The summed E-state index contributed by atoms with van der Waals surface area (Å²) >= 11 is 1.56. The van der Waals surface area contributed by atoms with Gasteiger partial charge in [0.25, 0.3) is 0 Å². The lowest BCUT2D eigenvalue weighted by Crippen LogP contribution is -2.22. The highest BCUT2D eigenvalue weighted by atomic mass is 32.1. The Labute approximate surface area is 126 Å². The van der Waals surface area contributed by atoms with Crippen molar-refractivity contribution in [2.45, 2.75) is 19.0 Å². The SMILES string of the molecule is O=C(O)CC(NCc1cc2ccccc2o1)c1ccsc1. The number of aliphatic carboxylic acids is 1. The van der Waals surface area contributed by atoms with E-state index in [4.69, 9.17) is 9.52 Å². The van der Waals surface area contributed by atoms with Crippen LogP contribution in [0.4, 0.5) is 0 Å². The molecule has 21 heavy (non-hydrogen) atoms. The van der Waals surface area contributed by atoms with E-state index >= 15 is 0 Å². The highest BCUT2D eigenvalue weighted by molar-refractivity contribution is 7.07. The molecule has 0 saturated carbocycles. The standard InChI is InChI=1S/C16H15NO3S/c18-16(19)8-14(12-5-6-21-10-12)17-9-13-7-11-3-1-2-4-15(11)20-13/h1-7,10,14,17H,8-9H2,(H,18,19). The van der Waals surface area contributed by atoms with Crippen molar-refractivity contribution in [3.05, 3.63) is 58.5 Å². The number of hydrogen-bond donors (Lipinski definition) is 2. The van der Waals surface area contributed by atoms with E-state index in [0.717, 1.165) is 22.3 Å². The van der Waals surface area contributed by atoms with Gasteiger partial charge >= 0.3 is 5.97 Å². The highest BCUT2D eigenvalue weighted by Gasteiger charge is 2.16. The lowest BCUT2D eigenvalue weighted by molar-refractivity contribution is -0.137. The van der Waals surface area contributed by atoms with E-state index in [9.17, 15) is 4.79 Å². The molecule has 0 spiro atoms. The first kappa shape index (κ1) is 13.9. The molecule has 1 aromatic carbocycles. The van der Waals surface area contributed by atoms with Crippen LogP contribution in [-0.4, -0.2) is 11.1 Å². The van der Waals surface area contributed by atoms with Crippen molar-refractivity contribution in [2.24, 2.45) is 0 Å². The zero-order chi connectivity index (χ0) is 14.7. The van der Waals surface area contributed by atoms with Crippen molar-refractivity contribution in [3.8, 4) is 0 Å². The summed E-state index contributed by atoms with van der Waals surface area (Å²) in [6, 6.07) is 11.5. The van der Waals surface area contributed by atoms with Crippen LogP contribution in [0, 0.1) is 0 Å². The summed E-state index contributed by atoms with van der Waals surface area (Å²) in [5.41, 5.74) is 1.85. The van der Waals surface area contributed by atoms with Gasteiger partial charge in [-0.3, -0.25) is 4.79 Å². The van der Waals surface area contributed by atoms with Gasteiger partial charge < -0.3 is 14.8 Å². The molecule has 5 heteroatoms. The van der Waals surface area contributed by atoms with Crippen LogP contribution in [-0.2, 0) is 11.3 Å². The van der Waals surface area contributed by atoms with Crippen LogP contribution >= 0.6 is 11.3 Å². The third-order valence-corrected chi connectivity index (χ3v) is 4.03. The number of furan rings is 1. The number of carboxylic acid groups (broad SMARTS) is 1. The Morgan fingerprint density at radius 3 is 2.90 bits per heavy atom. The first-order valence-electron chi connectivity index (χ1n) is 6.67. The maximum Gasteiger partial charge on any atom is 0.305 e. The fourth-order valence-corrected chi connectivity index (χ4v) is 3.02. The number of para-hydroxylation sites is 1. The summed E-state index contributed by atoms with van der Waals surface area (Å²) in [5.74, 6) is -0.00914. The number of thiophene rings is 1. The summed E-state index contributed by atoms with van der Waals surface area (Å²) in [6.45, 7) is 0.502. The summed E-state index contributed by atoms with van der Waals surface area (Å²) in [6.07, 6.45) is 0.0525. The van der Waals surface area contributed by atoms with Crippen molar-refractivity contribution in [1.82, 2.24) is 5.32 Å². The Hall–Kier alpha value is -2.11. The number of rotatable bonds is 6.